The van der Waals surface area contributed by atoms with Crippen LogP contribution in [0.4, 0.5) is 0 Å². The van der Waals surface area contributed by atoms with Crippen LogP contribution in [0.15, 0.2) is 0 Å². The summed E-state index contributed by atoms with van der Waals surface area (Å²) in [7, 11) is 0. The molecular formula is C14H28NdO2. The summed E-state index contributed by atoms with van der Waals surface area (Å²) in [5.41, 5.74) is 0. The first-order valence-corrected chi connectivity index (χ1v) is 6.82. The van der Waals surface area contributed by atoms with Crippen molar-refractivity contribution >= 4 is 5.97 Å². The van der Waals surface area contributed by atoms with Crippen LogP contribution in [0.5, 0.6) is 0 Å². The van der Waals surface area contributed by atoms with Gasteiger partial charge in [-0.1, -0.05) is 52.9 Å². The fraction of sp³-hybridized carbons (Fsp3) is 0.929. The van der Waals surface area contributed by atoms with Gasteiger partial charge in [0.15, 0.2) is 0 Å². The average Bonchev–Trinajstić information content (AvgIpc) is 2.24. The molecule has 0 aromatic heterocycles. The molecule has 100 valence electrons. The van der Waals surface area contributed by atoms with Gasteiger partial charge in [0.05, 0.1) is 6.61 Å². The molecule has 3 heteroatoms. The van der Waals surface area contributed by atoms with Gasteiger partial charge in [-0.05, 0) is 18.8 Å². The standard InChI is InChI=1S/C14H28O2.Nd/c1-4-5-6-9-12-16-14(15)11-8-7-10-13(2)3;/h13H,4-12H2,1-3H3;. The quantitative estimate of drug-likeness (QED) is 0.421. The van der Waals surface area contributed by atoms with Crippen LogP contribution in [0.2, 0.25) is 0 Å². The van der Waals surface area contributed by atoms with Crippen molar-refractivity contribution in [3.63, 3.8) is 0 Å². The van der Waals surface area contributed by atoms with E-state index in [9.17, 15) is 4.79 Å². The maximum atomic E-state index is 11.3. The third-order valence-electron chi connectivity index (χ3n) is 2.67. The van der Waals surface area contributed by atoms with Crippen LogP contribution in [0.1, 0.15) is 72.1 Å². The van der Waals surface area contributed by atoms with Gasteiger partial charge in [-0.3, -0.25) is 4.79 Å². The Morgan fingerprint density at radius 2 is 1.76 bits per heavy atom. The molecule has 0 aliphatic carbocycles. The summed E-state index contributed by atoms with van der Waals surface area (Å²) in [6.07, 6.45) is 8.59. The predicted octanol–water partition coefficient (Wildman–Crippen LogP) is 4.33. The molecule has 0 rings (SSSR count). The Kier molecular flexibility index (Phi) is 17.6. The van der Waals surface area contributed by atoms with Crippen LogP contribution in [0.25, 0.3) is 0 Å². The third kappa shape index (κ3) is 16.8. The number of esters is 1. The number of carbonyl (C=O) groups excluding carboxylic acids is 1. The number of hydrogen-bond acceptors (Lipinski definition) is 2. The Morgan fingerprint density at radius 3 is 2.35 bits per heavy atom. The molecule has 0 N–H and O–H groups in total. The Bertz CT molecular complexity index is 170. The molecule has 0 aliphatic rings. The van der Waals surface area contributed by atoms with E-state index < -0.39 is 0 Å². The zero-order valence-electron chi connectivity index (χ0n) is 11.8. The number of ether oxygens (including phenoxy) is 1. The van der Waals surface area contributed by atoms with Crippen molar-refractivity contribution in [3.8, 4) is 0 Å². The average molecular weight is 373 g/mol. The zero-order valence-corrected chi connectivity index (χ0v) is 15.0. The molecule has 0 fully saturated rings. The largest absolute Gasteiger partial charge is 0.466 e. The molecular weight excluding hydrogens is 344 g/mol. The number of rotatable bonds is 10. The van der Waals surface area contributed by atoms with E-state index in [1.807, 2.05) is 0 Å². The molecule has 0 saturated heterocycles. The molecule has 0 radical (unpaired) electrons. The third-order valence-corrected chi connectivity index (χ3v) is 2.67. The molecule has 0 atom stereocenters. The second kappa shape index (κ2) is 14.9. The first-order valence-electron chi connectivity index (χ1n) is 6.82. The summed E-state index contributed by atoms with van der Waals surface area (Å²) in [4.78, 5) is 11.3. The van der Waals surface area contributed by atoms with E-state index in [1.54, 1.807) is 0 Å². The van der Waals surface area contributed by atoms with Crippen LogP contribution in [-0.2, 0) is 9.53 Å². The predicted molar refractivity (Wildman–Crippen MR) is 68.4 cm³/mol. The molecule has 0 heterocycles. The van der Waals surface area contributed by atoms with Gasteiger partial charge >= 0.3 is 5.97 Å². The molecule has 0 unspecified atom stereocenters. The number of unbranched alkanes of at least 4 members (excludes halogenated alkanes) is 4. The fourth-order valence-corrected chi connectivity index (χ4v) is 1.61. The Balaban J connectivity index is 0. The van der Waals surface area contributed by atoms with Crippen molar-refractivity contribution in [1.82, 2.24) is 0 Å². The minimum atomic E-state index is -0.0137. The van der Waals surface area contributed by atoms with Crippen molar-refractivity contribution in [3.05, 3.63) is 0 Å². The van der Waals surface area contributed by atoms with E-state index in [0.717, 1.165) is 25.2 Å². The fourth-order valence-electron chi connectivity index (χ4n) is 1.61. The number of carbonyl (C=O) groups is 1. The molecule has 0 aliphatic heterocycles. The summed E-state index contributed by atoms with van der Waals surface area (Å²) in [5.74, 6) is 0.727. The van der Waals surface area contributed by atoms with E-state index in [0.29, 0.717) is 13.0 Å². The summed E-state index contributed by atoms with van der Waals surface area (Å²) < 4.78 is 5.16. The molecule has 2 nitrogen and oxygen atoms in total. The molecule has 0 aromatic carbocycles. The van der Waals surface area contributed by atoms with Crippen LogP contribution in [0.3, 0.4) is 0 Å². The molecule has 17 heavy (non-hydrogen) atoms. The summed E-state index contributed by atoms with van der Waals surface area (Å²) in [6.45, 7) is 7.22. The first-order chi connectivity index (χ1) is 7.66. The van der Waals surface area contributed by atoms with Crippen LogP contribution >= 0.6 is 0 Å². The Morgan fingerprint density at radius 1 is 1.06 bits per heavy atom. The maximum absolute atomic E-state index is 11.3. The molecule has 0 bridgehead atoms. The minimum Gasteiger partial charge on any atom is -0.466 e. The summed E-state index contributed by atoms with van der Waals surface area (Å²) >= 11 is 0. The summed E-state index contributed by atoms with van der Waals surface area (Å²) in [6, 6.07) is 0. The van der Waals surface area contributed by atoms with Crippen LogP contribution in [-0.4, -0.2) is 12.6 Å². The van der Waals surface area contributed by atoms with E-state index in [1.165, 1.54) is 25.7 Å². The monoisotopic (exact) mass is 370 g/mol. The normalized spacial score (nSPS) is 10.1. The van der Waals surface area contributed by atoms with Crippen molar-refractivity contribution in [2.75, 3.05) is 6.61 Å². The van der Waals surface area contributed by atoms with Crippen molar-refractivity contribution < 1.29 is 50.4 Å². The second-order valence-corrected chi connectivity index (χ2v) is 4.92. The van der Waals surface area contributed by atoms with Crippen LogP contribution in [0, 0.1) is 46.8 Å². The smallest absolute Gasteiger partial charge is 0.305 e. The minimum absolute atomic E-state index is 0. The summed E-state index contributed by atoms with van der Waals surface area (Å²) in [5, 5.41) is 0. The molecule has 0 aromatic rings. The van der Waals surface area contributed by atoms with E-state index in [4.69, 9.17) is 4.74 Å². The van der Waals surface area contributed by atoms with Crippen LogP contribution < -0.4 is 0 Å². The van der Waals surface area contributed by atoms with Gasteiger partial charge < -0.3 is 4.74 Å². The number of hydrogen-bond donors (Lipinski definition) is 0. The van der Waals surface area contributed by atoms with Gasteiger partial charge in [-0.25, -0.2) is 0 Å². The van der Waals surface area contributed by atoms with Gasteiger partial charge in [-0.15, -0.1) is 0 Å². The topological polar surface area (TPSA) is 26.3 Å². The van der Waals surface area contributed by atoms with E-state index >= 15 is 0 Å². The Hall–Kier alpha value is 0.821. The zero-order chi connectivity index (χ0) is 12.2. The maximum Gasteiger partial charge on any atom is 0.305 e. The van der Waals surface area contributed by atoms with Crippen molar-refractivity contribution in [2.45, 2.75) is 72.1 Å². The second-order valence-electron chi connectivity index (χ2n) is 4.92. The molecule has 0 spiro atoms. The molecule has 0 saturated carbocycles. The Labute approximate surface area is 140 Å². The molecule has 0 amide bonds. The first kappa shape index (κ1) is 20.1. The van der Waals surface area contributed by atoms with Gasteiger partial charge in [0.2, 0.25) is 0 Å². The van der Waals surface area contributed by atoms with Crippen molar-refractivity contribution in [2.24, 2.45) is 5.92 Å². The van der Waals surface area contributed by atoms with Gasteiger partial charge in [-0.2, -0.15) is 0 Å². The SMILES string of the molecule is CCCCCCOC(=O)CCCCC(C)C.[Nd]. The van der Waals surface area contributed by atoms with E-state index in [2.05, 4.69) is 20.8 Å². The van der Waals surface area contributed by atoms with Crippen molar-refractivity contribution in [1.29, 1.82) is 0 Å². The van der Waals surface area contributed by atoms with Gasteiger partial charge in [0.1, 0.15) is 0 Å². The van der Waals surface area contributed by atoms with Gasteiger partial charge in [0.25, 0.3) is 0 Å². The van der Waals surface area contributed by atoms with E-state index in [-0.39, 0.29) is 46.8 Å². The van der Waals surface area contributed by atoms with Gasteiger partial charge in [0, 0.05) is 47.3 Å².